The molecule has 0 radical (unpaired) electrons. The highest BCUT2D eigenvalue weighted by Crippen LogP contribution is 2.29. The fraction of sp³-hybridized carbons (Fsp3) is 0.476. The van der Waals surface area contributed by atoms with E-state index in [0.717, 1.165) is 19.3 Å². The molecule has 2 aromatic rings. The highest BCUT2D eigenvalue weighted by atomic mass is 32.2. The molecule has 2 heterocycles. The van der Waals surface area contributed by atoms with Gasteiger partial charge in [-0.1, -0.05) is 12.5 Å². The molecule has 1 aromatic heterocycles. The van der Waals surface area contributed by atoms with Gasteiger partial charge in [-0.3, -0.25) is 4.79 Å². The Morgan fingerprint density at radius 2 is 1.88 bits per heavy atom. The number of hydrogen-bond acceptors (Lipinski definition) is 5. The van der Waals surface area contributed by atoms with Crippen LogP contribution in [0, 0.1) is 0 Å². The number of alkyl halides is 2. The third-order valence-electron chi connectivity index (χ3n) is 5.31. The summed E-state index contributed by atoms with van der Waals surface area (Å²) in [6, 6.07) is 6.02. The smallest absolute Gasteiger partial charge is 0.387 e. The third kappa shape index (κ3) is 5.57. The number of amides is 1. The van der Waals surface area contributed by atoms with Crippen LogP contribution in [-0.4, -0.2) is 56.6 Å². The van der Waals surface area contributed by atoms with Crippen LogP contribution < -0.4 is 14.8 Å². The zero-order valence-corrected chi connectivity index (χ0v) is 18.8. The molecule has 3 rings (SSSR count). The van der Waals surface area contributed by atoms with Crippen molar-refractivity contribution in [2.45, 2.75) is 37.2 Å². The Kier molecular flexibility index (Phi) is 7.73. The molecular formula is C21H27F2N3O5S. The lowest BCUT2D eigenvalue weighted by molar-refractivity contribution is -0.0512. The van der Waals surface area contributed by atoms with Crippen LogP contribution in [0.4, 0.5) is 8.78 Å². The summed E-state index contributed by atoms with van der Waals surface area (Å²) in [7, 11) is -0.670. The predicted molar refractivity (Wildman–Crippen MR) is 114 cm³/mol. The average Bonchev–Trinajstić information content (AvgIpc) is 3.16. The van der Waals surface area contributed by atoms with E-state index in [0.29, 0.717) is 25.1 Å². The zero-order chi connectivity index (χ0) is 23.3. The number of methoxy groups -OCH3 is 1. The van der Waals surface area contributed by atoms with Gasteiger partial charge in [-0.15, -0.1) is 0 Å². The van der Waals surface area contributed by atoms with Gasteiger partial charge in [0.25, 0.3) is 5.91 Å². The Bertz CT molecular complexity index is 1050. The lowest BCUT2D eigenvalue weighted by Gasteiger charge is -2.25. The summed E-state index contributed by atoms with van der Waals surface area (Å²) in [5.74, 6) is -0.323. The molecule has 1 aromatic carbocycles. The molecule has 1 fully saturated rings. The Hall–Kier alpha value is -2.66. The molecule has 0 aliphatic carbocycles. The van der Waals surface area contributed by atoms with Gasteiger partial charge in [0.15, 0.2) is 11.5 Å². The average molecular weight is 472 g/mol. The van der Waals surface area contributed by atoms with E-state index in [2.05, 4.69) is 10.1 Å². The second kappa shape index (κ2) is 10.3. The van der Waals surface area contributed by atoms with Crippen molar-refractivity contribution in [2.24, 2.45) is 7.05 Å². The van der Waals surface area contributed by atoms with Crippen molar-refractivity contribution in [3.8, 4) is 11.5 Å². The van der Waals surface area contributed by atoms with Crippen LogP contribution in [0.3, 0.4) is 0 Å². The second-order valence-electron chi connectivity index (χ2n) is 7.51. The fourth-order valence-electron chi connectivity index (χ4n) is 3.63. The quantitative estimate of drug-likeness (QED) is 0.608. The molecule has 1 saturated heterocycles. The van der Waals surface area contributed by atoms with Crippen molar-refractivity contribution >= 4 is 15.9 Å². The summed E-state index contributed by atoms with van der Waals surface area (Å²) >= 11 is 0. The van der Waals surface area contributed by atoms with Gasteiger partial charge in [0, 0.05) is 32.9 Å². The molecule has 11 heteroatoms. The van der Waals surface area contributed by atoms with Gasteiger partial charge in [0.2, 0.25) is 10.0 Å². The van der Waals surface area contributed by atoms with E-state index in [1.807, 2.05) is 0 Å². The summed E-state index contributed by atoms with van der Waals surface area (Å²) in [6.07, 6.45) is 4.47. The number of benzene rings is 1. The first-order chi connectivity index (χ1) is 15.2. The molecule has 176 valence electrons. The molecule has 1 aliphatic heterocycles. The summed E-state index contributed by atoms with van der Waals surface area (Å²) in [6.45, 7) is -1.79. The number of carbonyl (C=O) groups is 1. The minimum atomic E-state index is -3.64. The maximum atomic E-state index is 12.8. The van der Waals surface area contributed by atoms with Gasteiger partial charge in [-0.2, -0.15) is 13.1 Å². The van der Waals surface area contributed by atoms with Gasteiger partial charge in [-0.05, 0) is 43.0 Å². The predicted octanol–water partition coefficient (Wildman–Crippen LogP) is 2.78. The van der Waals surface area contributed by atoms with E-state index in [1.165, 1.54) is 40.4 Å². The van der Waals surface area contributed by atoms with Crippen LogP contribution in [0.15, 0.2) is 35.4 Å². The number of sulfonamides is 1. The minimum Gasteiger partial charge on any atom is -0.493 e. The van der Waals surface area contributed by atoms with E-state index < -0.39 is 22.5 Å². The zero-order valence-electron chi connectivity index (χ0n) is 18.0. The fourth-order valence-corrected chi connectivity index (χ4v) is 5.22. The van der Waals surface area contributed by atoms with Crippen LogP contribution in [0.1, 0.15) is 35.3 Å². The van der Waals surface area contributed by atoms with Crippen molar-refractivity contribution in [1.29, 1.82) is 0 Å². The first kappa shape index (κ1) is 24.0. The molecule has 0 atom stereocenters. The maximum Gasteiger partial charge on any atom is 0.387 e. The molecule has 0 saturated carbocycles. The second-order valence-corrected chi connectivity index (χ2v) is 9.44. The van der Waals surface area contributed by atoms with E-state index in [1.54, 1.807) is 13.1 Å². The van der Waals surface area contributed by atoms with Crippen molar-refractivity contribution in [2.75, 3.05) is 26.7 Å². The molecule has 0 spiro atoms. The molecular weight excluding hydrogens is 444 g/mol. The highest BCUT2D eigenvalue weighted by Gasteiger charge is 2.28. The van der Waals surface area contributed by atoms with Crippen LogP contribution in [-0.2, 0) is 23.5 Å². The van der Waals surface area contributed by atoms with Crippen molar-refractivity contribution in [1.82, 2.24) is 14.2 Å². The minimum absolute atomic E-state index is 0.0821. The SMILES string of the molecule is COc1ccc(CCNC(=O)c2cc(S(=O)(=O)N3CCCCC3)cn2C)cc1OC(F)F. The molecule has 0 unspecified atom stereocenters. The maximum absolute atomic E-state index is 12.8. The topological polar surface area (TPSA) is 89.9 Å². The van der Waals surface area contributed by atoms with E-state index in [4.69, 9.17) is 4.74 Å². The van der Waals surface area contributed by atoms with Gasteiger partial charge < -0.3 is 19.4 Å². The largest absolute Gasteiger partial charge is 0.493 e. The van der Waals surface area contributed by atoms with E-state index >= 15 is 0 Å². The summed E-state index contributed by atoms with van der Waals surface area (Å²) in [5.41, 5.74) is 0.888. The number of aryl methyl sites for hydroxylation is 1. The molecule has 0 bridgehead atoms. The van der Waals surface area contributed by atoms with Gasteiger partial charge in [0.1, 0.15) is 10.6 Å². The Labute approximate surface area is 186 Å². The molecule has 1 aliphatic rings. The molecule has 8 nitrogen and oxygen atoms in total. The lowest BCUT2D eigenvalue weighted by atomic mass is 10.1. The Balaban J connectivity index is 1.63. The monoisotopic (exact) mass is 471 g/mol. The number of nitrogens with zero attached hydrogens (tertiary/aromatic N) is 2. The lowest BCUT2D eigenvalue weighted by Crippen LogP contribution is -2.35. The van der Waals surface area contributed by atoms with E-state index in [-0.39, 0.29) is 28.6 Å². The van der Waals surface area contributed by atoms with Crippen molar-refractivity contribution < 1.29 is 31.5 Å². The van der Waals surface area contributed by atoms with Crippen LogP contribution >= 0.6 is 0 Å². The number of nitrogens with one attached hydrogen (secondary N) is 1. The van der Waals surface area contributed by atoms with Gasteiger partial charge in [-0.25, -0.2) is 8.42 Å². The Morgan fingerprint density at radius 3 is 2.53 bits per heavy atom. The summed E-state index contributed by atoms with van der Waals surface area (Å²) in [4.78, 5) is 12.7. The summed E-state index contributed by atoms with van der Waals surface area (Å²) < 4.78 is 63.2. The third-order valence-corrected chi connectivity index (χ3v) is 7.17. The number of piperidine rings is 1. The first-order valence-corrected chi connectivity index (χ1v) is 11.7. The van der Waals surface area contributed by atoms with Crippen LogP contribution in [0.5, 0.6) is 11.5 Å². The Morgan fingerprint density at radius 1 is 1.16 bits per heavy atom. The number of ether oxygens (including phenoxy) is 2. The molecule has 1 N–H and O–H groups in total. The van der Waals surface area contributed by atoms with Gasteiger partial charge in [0.05, 0.1) is 7.11 Å². The van der Waals surface area contributed by atoms with Crippen molar-refractivity contribution in [3.63, 3.8) is 0 Å². The van der Waals surface area contributed by atoms with Gasteiger partial charge >= 0.3 is 6.61 Å². The highest BCUT2D eigenvalue weighted by molar-refractivity contribution is 7.89. The summed E-state index contributed by atoms with van der Waals surface area (Å²) in [5, 5.41) is 2.73. The number of rotatable bonds is 9. The number of halogens is 2. The van der Waals surface area contributed by atoms with Crippen molar-refractivity contribution in [3.05, 3.63) is 41.7 Å². The standard InChI is InChI=1S/C21H27F2N3O5S/c1-25-14-16(32(28,29)26-10-4-3-5-11-26)13-17(25)20(27)24-9-8-15-6-7-18(30-2)19(12-15)31-21(22)23/h6-7,12-14,21H,3-5,8-11H2,1-2H3,(H,24,27). The number of carbonyl (C=O) groups excluding carboxylic acids is 1. The molecule has 1 amide bonds. The van der Waals surface area contributed by atoms with Crippen LogP contribution in [0.25, 0.3) is 0 Å². The van der Waals surface area contributed by atoms with E-state index in [9.17, 15) is 22.0 Å². The normalized spacial score (nSPS) is 15.0. The number of aromatic nitrogens is 1. The van der Waals surface area contributed by atoms with Crippen LogP contribution in [0.2, 0.25) is 0 Å². The number of hydrogen-bond donors (Lipinski definition) is 1. The molecule has 32 heavy (non-hydrogen) atoms. The first-order valence-electron chi connectivity index (χ1n) is 10.3.